The molecule has 0 aliphatic carbocycles. The van der Waals surface area contributed by atoms with Crippen LogP contribution in [0.1, 0.15) is 11.6 Å². The third-order valence-corrected chi connectivity index (χ3v) is 4.15. The molecular weight excluding hydrogens is 274 g/mol. The van der Waals surface area contributed by atoms with Gasteiger partial charge in [-0.3, -0.25) is 4.79 Å². The normalized spacial score (nSPS) is 16.4. The van der Waals surface area contributed by atoms with E-state index < -0.39 is 6.04 Å². The first-order valence-corrected chi connectivity index (χ1v) is 7.77. The monoisotopic (exact) mass is 293 g/mol. The number of hydrogen-bond donors (Lipinski definition) is 2. The largest absolute Gasteiger partial charge is 0.357 e. The number of carbonyl (C=O) groups is 2. The molecule has 1 unspecified atom stereocenters. The lowest BCUT2D eigenvalue weighted by atomic mass is 10.1. The third-order valence-electron chi connectivity index (χ3n) is 3.21. The fraction of sp³-hybridized carbons (Fsp3) is 0.429. The molecule has 0 saturated carbocycles. The van der Waals surface area contributed by atoms with Gasteiger partial charge >= 0.3 is 6.03 Å². The van der Waals surface area contributed by atoms with Crippen LogP contribution in [0.3, 0.4) is 0 Å². The maximum atomic E-state index is 12.2. The van der Waals surface area contributed by atoms with Crippen molar-refractivity contribution in [3.63, 3.8) is 0 Å². The zero-order chi connectivity index (χ0) is 14.4. The van der Waals surface area contributed by atoms with E-state index in [0.717, 1.165) is 30.2 Å². The molecule has 20 heavy (non-hydrogen) atoms. The molecule has 1 fully saturated rings. The highest BCUT2D eigenvalue weighted by Gasteiger charge is 2.25. The third kappa shape index (κ3) is 3.66. The van der Waals surface area contributed by atoms with Crippen LogP contribution in [-0.2, 0) is 4.79 Å². The van der Waals surface area contributed by atoms with Gasteiger partial charge in [-0.25, -0.2) is 4.79 Å². The lowest BCUT2D eigenvalue weighted by Gasteiger charge is -2.28. The van der Waals surface area contributed by atoms with E-state index in [1.165, 1.54) is 0 Å². The van der Waals surface area contributed by atoms with Crippen molar-refractivity contribution in [2.24, 2.45) is 0 Å². The Bertz CT molecular complexity index is 461. The van der Waals surface area contributed by atoms with Crippen molar-refractivity contribution < 1.29 is 9.59 Å². The summed E-state index contributed by atoms with van der Waals surface area (Å²) in [4.78, 5) is 26.0. The van der Waals surface area contributed by atoms with Gasteiger partial charge in [-0.15, -0.1) is 0 Å². The van der Waals surface area contributed by atoms with E-state index in [4.69, 9.17) is 0 Å². The van der Waals surface area contributed by atoms with Crippen molar-refractivity contribution in [3.05, 3.63) is 35.9 Å². The van der Waals surface area contributed by atoms with Crippen LogP contribution in [0.15, 0.2) is 30.3 Å². The Morgan fingerprint density at radius 2 is 1.85 bits per heavy atom. The van der Waals surface area contributed by atoms with E-state index in [2.05, 4.69) is 10.6 Å². The second-order valence-corrected chi connectivity index (χ2v) is 5.73. The number of hydrogen-bond acceptors (Lipinski definition) is 3. The van der Waals surface area contributed by atoms with Crippen LogP contribution in [0.5, 0.6) is 0 Å². The molecule has 1 aromatic rings. The predicted molar refractivity (Wildman–Crippen MR) is 80.7 cm³/mol. The molecule has 0 radical (unpaired) electrons. The van der Waals surface area contributed by atoms with Gasteiger partial charge in [-0.1, -0.05) is 30.3 Å². The molecule has 0 aromatic heterocycles. The van der Waals surface area contributed by atoms with Gasteiger partial charge in [0.2, 0.25) is 5.91 Å². The van der Waals surface area contributed by atoms with Crippen molar-refractivity contribution in [3.8, 4) is 0 Å². The number of nitrogens with one attached hydrogen (secondary N) is 2. The second kappa shape index (κ2) is 7.19. The van der Waals surface area contributed by atoms with Gasteiger partial charge in [0, 0.05) is 31.6 Å². The molecule has 3 amide bonds. The molecule has 1 atom stereocenters. The first kappa shape index (κ1) is 14.7. The predicted octanol–water partition coefficient (Wildman–Crippen LogP) is 1.23. The molecule has 1 aliphatic rings. The molecule has 1 heterocycles. The molecule has 6 heteroatoms. The SMILES string of the molecule is CNC(=O)C(NC(=O)N1CCSCC1)c1ccccc1. The van der Waals surface area contributed by atoms with E-state index in [9.17, 15) is 9.59 Å². The minimum Gasteiger partial charge on any atom is -0.357 e. The summed E-state index contributed by atoms with van der Waals surface area (Å²) in [5.41, 5.74) is 0.784. The highest BCUT2D eigenvalue weighted by atomic mass is 32.2. The molecule has 108 valence electrons. The van der Waals surface area contributed by atoms with Gasteiger partial charge in [-0.2, -0.15) is 11.8 Å². The van der Waals surface area contributed by atoms with Crippen LogP contribution in [-0.4, -0.2) is 48.5 Å². The molecule has 1 aromatic carbocycles. The summed E-state index contributed by atoms with van der Waals surface area (Å²) in [7, 11) is 1.57. The number of rotatable bonds is 3. The number of likely N-dealkylation sites (N-methyl/N-ethyl adjacent to an activating group) is 1. The average Bonchev–Trinajstić information content (AvgIpc) is 2.53. The zero-order valence-corrected chi connectivity index (χ0v) is 12.3. The van der Waals surface area contributed by atoms with Crippen molar-refractivity contribution >= 4 is 23.7 Å². The van der Waals surface area contributed by atoms with Gasteiger partial charge in [0.15, 0.2) is 0 Å². The number of amides is 3. The molecule has 0 bridgehead atoms. The minimum atomic E-state index is -0.650. The smallest absolute Gasteiger partial charge is 0.318 e. The molecule has 1 saturated heterocycles. The van der Waals surface area contributed by atoms with Crippen LogP contribution in [0.25, 0.3) is 0 Å². The fourth-order valence-corrected chi connectivity index (χ4v) is 2.97. The van der Waals surface area contributed by atoms with Gasteiger partial charge in [0.1, 0.15) is 6.04 Å². The summed E-state index contributed by atoms with van der Waals surface area (Å²) in [5.74, 6) is 1.68. The van der Waals surface area contributed by atoms with Crippen molar-refractivity contribution in [1.29, 1.82) is 0 Å². The standard InChI is InChI=1S/C14H19N3O2S/c1-15-13(18)12(11-5-3-2-4-6-11)16-14(19)17-7-9-20-10-8-17/h2-6,12H,7-10H2,1H3,(H,15,18)(H,16,19). The summed E-state index contributed by atoms with van der Waals surface area (Å²) in [6.45, 7) is 1.46. The fourth-order valence-electron chi connectivity index (χ4n) is 2.07. The summed E-state index contributed by atoms with van der Waals surface area (Å²) < 4.78 is 0. The Kier molecular flexibility index (Phi) is 5.29. The summed E-state index contributed by atoms with van der Waals surface area (Å²) in [5, 5.41) is 5.41. The number of nitrogens with zero attached hydrogens (tertiary/aromatic N) is 1. The maximum Gasteiger partial charge on any atom is 0.318 e. The minimum absolute atomic E-state index is 0.178. The number of thioether (sulfide) groups is 1. The van der Waals surface area contributed by atoms with Crippen molar-refractivity contribution in [1.82, 2.24) is 15.5 Å². The van der Waals surface area contributed by atoms with Crippen LogP contribution >= 0.6 is 11.8 Å². The Labute approximate surface area is 123 Å². The van der Waals surface area contributed by atoms with E-state index in [0.29, 0.717) is 0 Å². The van der Waals surface area contributed by atoms with E-state index in [1.54, 1.807) is 11.9 Å². The lowest BCUT2D eigenvalue weighted by Crippen LogP contribution is -2.48. The van der Waals surface area contributed by atoms with E-state index >= 15 is 0 Å². The van der Waals surface area contributed by atoms with Gasteiger partial charge in [0.05, 0.1) is 0 Å². The van der Waals surface area contributed by atoms with Gasteiger partial charge < -0.3 is 15.5 Å². The van der Waals surface area contributed by atoms with Gasteiger partial charge in [-0.05, 0) is 5.56 Å². The summed E-state index contributed by atoms with van der Waals surface area (Å²) >= 11 is 1.84. The highest BCUT2D eigenvalue weighted by Crippen LogP contribution is 2.15. The lowest BCUT2D eigenvalue weighted by molar-refractivity contribution is -0.122. The average molecular weight is 293 g/mol. The molecule has 1 aliphatic heterocycles. The van der Waals surface area contributed by atoms with Crippen LogP contribution in [0.2, 0.25) is 0 Å². The second-order valence-electron chi connectivity index (χ2n) is 4.51. The van der Waals surface area contributed by atoms with Crippen LogP contribution in [0.4, 0.5) is 4.79 Å². The quantitative estimate of drug-likeness (QED) is 0.881. The molecule has 0 spiro atoms. The summed E-state index contributed by atoms with van der Waals surface area (Å²) in [6, 6.07) is 8.45. The number of carbonyl (C=O) groups excluding carboxylic acids is 2. The molecular formula is C14H19N3O2S. The van der Waals surface area contributed by atoms with E-state index in [-0.39, 0.29) is 11.9 Å². The highest BCUT2D eigenvalue weighted by molar-refractivity contribution is 7.99. The Balaban J connectivity index is 2.08. The molecule has 2 N–H and O–H groups in total. The Morgan fingerprint density at radius 3 is 2.45 bits per heavy atom. The number of urea groups is 1. The van der Waals surface area contributed by atoms with E-state index in [1.807, 2.05) is 42.1 Å². The zero-order valence-electron chi connectivity index (χ0n) is 11.5. The number of benzene rings is 1. The van der Waals surface area contributed by atoms with Gasteiger partial charge in [0.25, 0.3) is 0 Å². The topological polar surface area (TPSA) is 61.4 Å². The van der Waals surface area contributed by atoms with Crippen LogP contribution in [0, 0.1) is 0 Å². The maximum absolute atomic E-state index is 12.2. The Hall–Kier alpha value is -1.69. The van der Waals surface area contributed by atoms with Crippen molar-refractivity contribution in [2.75, 3.05) is 31.6 Å². The first-order valence-electron chi connectivity index (χ1n) is 6.62. The first-order chi connectivity index (χ1) is 9.72. The van der Waals surface area contributed by atoms with Crippen LogP contribution < -0.4 is 10.6 Å². The molecule has 5 nitrogen and oxygen atoms in total. The van der Waals surface area contributed by atoms with Crippen molar-refractivity contribution in [2.45, 2.75) is 6.04 Å². The summed E-state index contributed by atoms with van der Waals surface area (Å²) in [6.07, 6.45) is 0. The Morgan fingerprint density at radius 1 is 1.20 bits per heavy atom. The molecule has 2 rings (SSSR count).